The van der Waals surface area contributed by atoms with Crippen LogP contribution in [0.25, 0.3) is 0 Å². The van der Waals surface area contributed by atoms with Crippen LogP contribution in [0.2, 0.25) is 0 Å². The molecule has 0 N–H and O–H groups in total. The van der Waals surface area contributed by atoms with Crippen molar-refractivity contribution in [1.82, 2.24) is 0 Å². The third-order valence-corrected chi connectivity index (χ3v) is 6.31. The fourth-order valence-corrected chi connectivity index (χ4v) is 4.16. The Kier molecular flexibility index (Phi) is 16.6. The number of hydrogen-bond acceptors (Lipinski definition) is 8. The molecule has 0 rings (SSSR count). The van der Waals surface area contributed by atoms with Crippen LogP contribution in [0, 0.1) is 10.8 Å². The van der Waals surface area contributed by atoms with E-state index in [1.807, 2.05) is 13.0 Å². The van der Waals surface area contributed by atoms with E-state index in [1.54, 1.807) is 27.7 Å². The first-order valence-electron chi connectivity index (χ1n) is 13.3. The molecule has 0 aromatic carbocycles. The lowest BCUT2D eigenvalue weighted by molar-refractivity contribution is -0.174. The van der Waals surface area contributed by atoms with Crippen molar-refractivity contribution in [2.24, 2.45) is 10.8 Å². The van der Waals surface area contributed by atoms with Crippen molar-refractivity contribution in [3.63, 3.8) is 0 Å². The topological polar surface area (TPSA) is 105 Å². The first kappa shape index (κ1) is 34.8. The summed E-state index contributed by atoms with van der Waals surface area (Å²) in [5.41, 5.74) is -1.22. The molecule has 0 amide bonds. The van der Waals surface area contributed by atoms with Crippen LogP contribution >= 0.6 is 0 Å². The van der Waals surface area contributed by atoms with E-state index in [4.69, 9.17) is 18.9 Å². The van der Waals surface area contributed by atoms with E-state index >= 15 is 0 Å². The molecule has 0 atom stereocenters. The summed E-state index contributed by atoms with van der Waals surface area (Å²) in [5, 5.41) is 0. The molecule has 38 heavy (non-hydrogen) atoms. The van der Waals surface area contributed by atoms with Gasteiger partial charge >= 0.3 is 23.9 Å². The zero-order chi connectivity index (χ0) is 29.2. The molecule has 0 aliphatic heterocycles. The molecule has 0 unspecified atom stereocenters. The van der Waals surface area contributed by atoms with Crippen LogP contribution in [-0.2, 0) is 38.1 Å². The summed E-state index contributed by atoms with van der Waals surface area (Å²) >= 11 is 0. The lowest BCUT2D eigenvalue weighted by Gasteiger charge is -2.28. The average Bonchev–Trinajstić information content (AvgIpc) is 2.87. The molecule has 8 heteroatoms. The van der Waals surface area contributed by atoms with Crippen molar-refractivity contribution in [1.29, 1.82) is 0 Å². The molecule has 0 spiro atoms. The van der Waals surface area contributed by atoms with Gasteiger partial charge in [0.25, 0.3) is 0 Å². The minimum absolute atomic E-state index is 0.103. The third kappa shape index (κ3) is 9.62. The van der Waals surface area contributed by atoms with Gasteiger partial charge in [-0.1, -0.05) is 36.0 Å². The van der Waals surface area contributed by atoms with Gasteiger partial charge in [-0.05, 0) is 79.6 Å². The second-order valence-electron chi connectivity index (χ2n) is 8.91. The van der Waals surface area contributed by atoms with Gasteiger partial charge in [0, 0.05) is 0 Å². The number of allylic oxidation sites excluding steroid dienone is 5. The molecule has 0 heterocycles. The quantitative estimate of drug-likeness (QED) is 0.0633. The lowest BCUT2D eigenvalue weighted by atomic mass is 9.78. The van der Waals surface area contributed by atoms with Crippen LogP contribution in [0.1, 0.15) is 79.6 Å². The van der Waals surface area contributed by atoms with Gasteiger partial charge in [0.2, 0.25) is 0 Å². The minimum atomic E-state index is -1.46. The molecule has 0 aliphatic carbocycles. The van der Waals surface area contributed by atoms with E-state index in [0.29, 0.717) is 19.3 Å². The van der Waals surface area contributed by atoms with Crippen LogP contribution in [0.4, 0.5) is 0 Å². The van der Waals surface area contributed by atoms with Gasteiger partial charge in [-0.15, -0.1) is 13.2 Å². The Balaban J connectivity index is 5.57. The maximum absolute atomic E-state index is 12.8. The summed E-state index contributed by atoms with van der Waals surface area (Å²) < 4.78 is 20.8. The smallest absolute Gasteiger partial charge is 0.323 e. The molecule has 214 valence electrons. The summed E-state index contributed by atoms with van der Waals surface area (Å²) in [6.45, 7) is 20.8. The standard InChI is InChI=1S/C30H46O8/c1-9-19-29(25(31)35-11-3,26(32)36-12-4)21-15-17-23(7)24(8)18-16-22-30(20-10-2,27(33)37-13-5)28(34)38-14-6/h9-10,18H,1-2,7,11-17,19-22H2,3-6,8H3/b24-18+. The Morgan fingerprint density at radius 1 is 0.684 bits per heavy atom. The Morgan fingerprint density at radius 2 is 1.05 bits per heavy atom. The minimum Gasteiger partial charge on any atom is -0.465 e. The predicted molar refractivity (Wildman–Crippen MR) is 147 cm³/mol. The highest BCUT2D eigenvalue weighted by Gasteiger charge is 2.48. The summed E-state index contributed by atoms with van der Waals surface area (Å²) in [5.74, 6) is -2.49. The second kappa shape index (κ2) is 18.2. The Bertz CT molecular complexity index is 831. The van der Waals surface area contributed by atoms with Crippen LogP contribution in [0.3, 0.4) is 0 Å². The van der Waals surface area contributed by atoms with E-state index in [0.717, 1.165) is 11.1 Å². The molecular weight excluding hydrogens is 488 g/mol. The fraction of sp³-hybridized carbons (Fsp3) is 0.600. The van der Waals surface area contributed by atoms with Crippen molar-refractivity contribution in [3.8, 4) is 0 Å². The van der Waals surface area contributed by atoms with Crippen molar-refractivity contribution in [2.75, 3.05) is 26.4 Å². The fourth-order valence-electron chi connectivity index (χ4n) is 4.16. The van der Waals surface area contributed by atoms with Gasteiger partial charge in [0.15, 0.2) is 10.8 Å². The molecular formula is C30H46O8. The van der Waals surface area contributed by atoms with Crippen molar-refractivity contribution < 1.29 is 38.1 Å². The van der Waals surface area contributed by atoms with E-state index in [1.165, 1.54) is 12.2 Å². The van der Waals surface area contributed by atoms with Gasteiger partial charge in [-0.2, -0.15) is 0 Å². The maximum atomic E-state index is 12.8. The largest absolute Gasteiger partial charge is 0.465 e. The molecule has 0 saturated carbocycles. The summed E-state index contributed by atoms with van der Waals surface area (Å²) in [7, 11) is 0. The summed E-state index contributed by atoms with van der Waals surface area (Å²) in [4.78, 5) is 51.1. The van der Waals surface area contributed by atoms with Gasteiger partial charge in [0.05, 0.1) is 26.4 Å². The van der Waals surface area contributed by atoms with Crippen LogP contribution < -0.4 is 0 Å². The third-order valence-electron chi connectivity index (χ3n) is 6.31. The van der Waals surface area contributed by atoms with E-state index in [2.05, 4.69) is 19.7 Å². The number of ether oxygens (including phenoxy) is 4. The molecule has 0 bridgehead atoms. The first-order valence-corrected chi connectivity index (χ1v) is 13.3. The highest BCUT2D eigenvalue weighted by molar-refractivity contribution is 6.01. The molecule has 0 aliphatic rings. The number of rotatable bonds is 20. The van der Waals surface area contributed by atoms with Crippen LogP contribution in [0.5, 0.6) is 0 Å². The van der Waals surface area contributed by atoms with Crippen molar-refractivity contribution in [3.05, 3.63) is 49.1 Å². The Hall–Kier alpha value is -3.16. The molecule has 0 fully saturated rings. The van der Waals surface area contributed by atoms with E-state index < -0.39 is 34.7 Å². The normalized spacial score (nSPS) is 11.8. The second-order valence-corrected chi connectivity index (χ2v) is 8.91. The first-order chi connectivity index (χ1) is 18.1. The zero-order valence-corrected chi connectivity index (χ0v) is 23.9. The average molecular weight is 535 g/mol. The van der Waals surface area contributed by atoms with Gasteiger partial charge in [-0.25, -0.2) is 0 Å². The molecule has 0 aromatic heterocycles. The zero-order valence-electron chi connectivity index (χ0n) is 23.9. The van der Waals surface area contributed by atoms with Crippen LogP contribution in [-0.4, -0.2) is 50.3 Å². The van der Waals surface area contributed by atoms with Gasteiger partial charge in [0.1, 0.15) is 0 Å². The SMILES string of the molecule is C=CCC(CC/C=C(\C)C(=C)CCCC(CC=C)(C(=O)OCC)C(=O)OCC)(C(=O)OCC)C(=O)OCC. The van der Waals surface area contributed by atoms with Crippen molar-refractivity contribution in [2.45, 2.75) is 79.6 Å². The maximum Gasteiger partial charge on any atom is 0.323 e. The number of esters is 4. The van der Waals surface area contributed by atoms with Gasteiger partial charge < -0.3 is 18.9 Å². The van der Waals surface area contributed by atoms with Crippen LogP contribution in [0.15, 0.2) is 49.1 Å². The predicted octanol–water partition coefficient (Wildman–Crippen LogP) is 5.82. The molecule has 0 radical (unpaired) electrons. The lowest BCUT2D eigenvalue weighted by Crippen LogP contribution is -2.42. The van der Waals surface area contributed by atoms with Gasteiger partial charge in [-0.3, -0.25) is 19.2 Å². The summed E-state index contributed by atoms with van der Waals surface area (Å²) in [6.07, 6.45) is 6.99. The monoisotopic (exact) mass is 534 g/mol. The molecule has 0 aromatic rings. The number of carbonyl (C=O) groups is 4. The Labute approximate surface area is 228 Å². The van der Waals surface area contributed by atoms with E-state index in [9.17, 15) is 19.2 Å². The highest BCUT2D eigenvalue weighted by atomic mass is 16.6. The molecule has 8 nitrogen and oxygen atoms in total. The highest BCUT2D eigenvalue weighted by Crippen LogP contribution is 2.35. The van der Waals surface area contributed by atoms with E-state index in [-0.39, 0.29) is 52.1 Å². The summed E-state index contributed by atoms with van der Waals surface area (Å²) in [6, 6.07) is 0. The number of hydrogen-bond donors (Lipinski definition) is 0. The molecule has 0 saturated heterocycles. The van der Waals surface area contributed by atoms with Crippen molar-refractivity contribution >= 4 is 23.9 Å². The Morgan fingerprint density at radius 3 is 1.39 bits per heavy atom. The number of carbonyl (C=O) groups excluding carboxylic acids is 4.